The third kappa shape index (κ3) is 4.79. The summed E-state index contributed by atoms with van der Waals surface area (Å²) in [5.74, 6) is -3.11. The van der Waals surface area contributed by atoms with E-state index in [-0.39, 0.29) is 40.7 Å². The molecule has 0 bridgehead atoms. The number of carboxylic acids is 1. The number of aliphatic hydroxyl groups is 1. The van der Waals surface area contributed by atoms with E-state index in [1.165, 1.54) is 27.8 Å². The molecule has 2 aromatic carbocycles. The zero-order chi connectivity index (χ0) is 26.1. The van der Waals surface area contributed by atoms with Gasteiger partial charge in [-0.25, -0.2) is 9.18 Å². The normalized spacial score (nSPS) is 19.9. The van der Waals surface area contributed by atoms with Gasteiger partial charge >= 0.3 is 5.97 Å². The summed E-state index contributed by atoms with van der Waals surface area (Å²) >= 11 is 5.38. The molecule has 3 aromatic rings. The third-order valence-electron chi connectivity index (χ3n) is 6.25. The fourth-order valence-corrected chi connectivity index (χ4v) is 4.64. The highest BCUT2D eigenvalue weighted by molar-refractivity contribution is 6.31. The molecule has 2 aliphatic rings. The number of aromatic nitrogens is 2. The van der Waals surface area contributed by atoms with E-state index in [0.717, 1.165) is 6.42 Å². The van der Waals surface area contributed by atoms with Crippen molar-refractivity contribution in [1.82, 2.24) is 14.7 Å². The van der Waals surface area contributed by atoms with E-state index in [1.807, 2.05) is 0 Å². The molecule has 12 heteroatoms. The summed E-state index contributed by atoms with van der Waals surface area (Å²) in [6, 6.07) is 10.3. The molecule has 1 aliphatic heterocycles. The number of fused-ring (bicyclic) bond motifs is 2. The van der Waals surface area contributed by atoms with Crippen LogP contribution >= 0.6 is 11.6 Å². The van der Waals surface area contributed by atoms with Crippen LogP contribution in [0.1, 0.15) is 33.7 Å². The van der Waals surface area contributed by atoms with Crippen LogP contribution in [0.5, 0.6) is 0 Å². The van der Waals surface area contributed by atoms with Gasteiger partial charge in [-0.05, 0) is 37.0 Å². The Balaban J connectivity index is 0.000000233. The number of nitrogens with two attached hydrogens (primary N) is 1. The Morgan fingerprint density at radius 3 is 2.47 bits per heavy atom. The number of aliphatic carboxylic acids is 1. The number of nitrogens with zero attached hydrogens (tertiary/aromatic N) is 3. The highest BCUT2D eigenvalue weighted by atomic mass is 35.5. The number of carbonyl (C=O) groups excluding carboxylic acids is 3. The standard InChI is InChI=1S/C17H17N3O5.C7H5ClFNO/c21-8-14(22)16-10-3-1-2-4-11(10)19(18-16)7-15(23)20-12-5-9(12)6-13(20)17(24)25;8-5-3-1-2-4(6(5)9)7(10)11/h1-4,9,12-13,21H,5-8H2,(H,24,25);1-3H,(H2,10,11)/t9-,12-,13+;/m1./s1. The largest absolute Gasteiger partial charge is 0.480 e. The number of likely N-dealkylation sites (tertiary alicyclic amines) is 1. The number of benzene rings is 2. The molecular formula is C24H22ClFN4O6. The number of hydrogen-bond acceptors (Lipinski definition) is 6. The molecule has 0 radical (unpaired) electrons. The maximum atomic E-state index is 12.8. The summed E-state index contributed by atoms with van der Waals surface area (Å²) in [5.41, 5.74) is 5.38. The van der Waals surface area contributed by atoms with Crippen molar-refractivity contribution in [3.63, 3.8) is 0 Å². The first-order chi connectivity index (χ1) is 17.1. The van der Waals surface area contributed by atoms with Crippen molar-refractivity contribution in [2.24, 2.45) is 11.7 Å². The topological polar surface area (TPSA) is 156 Å². The number of ketones is 1. The SMILES string of the molecule is NC(=O)c1cccc(Cl)c1F.O=C(CO)c1nn(CC(=O)N2[C@@H]3C[C@@H]3C[C@H]2C(=O)O)c2ccccc12. The minimum absolute atomic E-state index is 0.00831. The second-order valence-electron chi connectivity index (χ2n) is 8.52. The number of para-hydroxylation sites is 1. The lowest BCUT2D eigenvalue weighted by atomic mass is 10.1. The summed E-state index contributed by atoms with van der Waals surface area (Å²) in [5, 5.41) is 23.1. The first-order valence-corrected chi connectivity index (χ1v) is 11.4. The molecule has 2 fully saturated rings. The van der Waals surface area contributed by atoms with Crippen LogP contribution in [0, 0.1) is 11.7 Å². The summed E-state index contributed by atoms with van der Waals surface area (Å²) in [6.45, 7) is -0.794. The van der Waals surface area contributed by atoms with Crippen molar-refractivity contribution in [1.29, 1.82) is 0 Å². The molecule has 188 valence electrons. The van der Waals surface area contributed by atoms with E-state index in [9.17, 15) is 28.7 Å². The Morgan fingerprint density at radius 2 is 1.83 bits per heavy atom. The Hall–Kier alpha value is -3.83. The summed E-state index contributed by atoms with van der Waals surface area (Å²) in [4.78, 5) is 48.0. The predicted molar refractivity (Wildman–Crippen MR) is 126 cm³/mol. The molecule has 1 aromatic heterocycles. The number of carbonyl (C=O) groups is 4. The molecule has 3 atom stereocenters. The van der Waals surface area contributed by atoms with Crippen LogP contribution in [-0.2, 0) is 16.1 Å². The van der Waals surface area contributed by atoms with Gasteiger partial charge in [0, 0.05) is 11.4 Å². The van der Waals surface area contributed by atoms with Crippen LogP contribution in [-0.4, -0.2) is 67.2 Å². The van der Waals surface area contributed by atoms with Crippen molar-refractivity contribution >= 4 is 46.1 Å². The quantitative estimate of drug-likeness (QED) is 0.422. The lowest BCUT2D eigenvalue weighted by Gasteiger charge is -2.24. The Kier molecular flexibility index (Phi) is 7.04. The van der Waals surface area contributed by atoms with Crippen LogP contribution < -0.4 is 5.73 Å². The average molecular weight is 517 g/mol. The van der Waals surface area contributed by atoms with Crippen molar-refractivity contribution in [2.75, 3.05) is 6.61 Å². The first-order valence-electron chi connectivity index (χ1n) is 11.0. The van der Waals surface area contributed by atoms with E-state index in [2.05, 4.69) is 5.10 Å². The number of amides is 2. The molecule has 0 unspecified atom stereocenters. The minimum Gasteiger partial charge on any atom is -0.480 e. The van der Waals surface area contributed by atoms with Crippen molar-refractivity contribution < 1.29 is 33.8 Å². The highest BCUT2D eigenvalue weighted by Gasteiger charge is 2.56. The Morgan fingerprint density at radius 1 is 1.11 bits per heavy atom. The lowest BCUT2D eigenvalue weighted by molar-refractivity contribution is -0.149. The van der Waals surface area contributed by atoms with Gasteiger partial charge in [-0.2, -0.15) is 5.10 Å². The predicted octanol–water partition coefficient (Wildman–Crippen LogP) is 1.86. The molecular weight excluding hydrogens is 495 g/mol. The summed E-state index contributed by atoms with van der Waals surface area (Å²) < 4.78 is 14.2. The van der Waals surface area contributed by atoms with Gasteiger partial charge in [-0.15, -0.1) is 0 Å². The molecule has 5 rings (SSSR count). The van der Waals surface area contributed by atoms with Gasteiger partial charge in [-0.3, -0.25) is 19.1 Å². The van der Waals surface area contributed by atoms with Crippen LogP contribution in [0.2, 0.25) is 5.02 Å². The Labute approximate surface area is 209 Å². The maximum Gasteiger partial charge on any atom is 0.326 e. The Bertz CT molecular complexity index is 1380. The van der Waals surface area contributed by atoms with Crippen LogP contribution in [0.3, 0.4) is 0 Å². The molecule has 1 saturated carbocycles. The monoisotopic (exact) mass is 516 g/mol. The molecule has 2 heterocycles. The minimum atomic E-state index is -0.984. The fourth-order valence-electron chi connectivity index (χ4n) is 4.47. The fraction of sp³-hybridized carbons (Fsp3) is 0.292. The highest BCUT2D eigenvalue weighted by Crippen LogP contribution is 2.48. The van der Waals surface area contributed by atoms with Crippen LogP contribution in [0.25, 0.3) is 10.9 Å². The van der Waals surface area contributed by atoms with Gasteiger partial charge in [0.2, 0.25) is 11.7 Å². The molecule has 1 aliphatic carbocycles. The van der Waals surface area contributed by atoms with Crippen molar-refractivity contribution in [2.45, 2.75) is 31.5 Å². The van der Waals surface area contributed by atoms with Crippen molar-refractivity contribution in [3.8, 4) is 0 Å². The number of halogens is 2. The number of rotatable bonds is 6. The zero-order valence-electron chi connectivity index (χ0n) is 18.8. The van der Waals surface area contributed by atoms with Gasteiger partial charge in [0.15, 0.2) is 5.82 Å². The van der Waals surface area contributed by atoms with E-state index in [4.69, 9.17) is 22.4 Å². The number of aliphatic hydroxyl groups excluding tert-OH is 1. The average Bonchev–Trinajstić information content (AvgIpc) is 3.36. The molecule has 0 spiro atoms. The number of piperidine rings is 1. The van der Waals surface area contributed by atoms with Gasteiger partial charge < -0.3 is 20.8 Å². The smallest absolute Gasteiger partial charge is 0.326 e. The second-order valence-corrected chi connectivity index (χ2v) is 8.93. The molecule has 10 nitrogen and oxygen atoms in total. The van der Waals surface area contributed by atoms with Crippen LogP contribution in [0.4, 0.5) is 4.39 Å². The number of Topliss-reactive ketones (excluding diaryl/α,β-unsaturated/α-hetero) is 1. The maximum absolute atomic E-state index is 12.8. The van der Waals surface area contributed by atoms with Crippen LogP contribution in [0.15, 0.2) is 42.5 Å². The number of primary amides is 1. The zero-order valence-corrected chi connectivity index (χ0v) is 19.6. The van der Waals surface area contributed by atoms with E-state index >= 15 is 0 Å². The molecule has 2 amide bonds. The molecule has 1 saturated heterocycles. The number of hydrogen-bond donors (Lipinski definition) is 3. The van der Waals surface area contributed by atoms with Gasteiger partial charge in [0.1, 0.15) is 24.9 Å². The molecule has 4 N–H and O–H groups in total. The van der Waals surface area contributed by atoms with Crippen molar-refractivity contribution in [3.05, 3.63) is 64.6 Å². The number of carboxylic acid groups (broad SMARTS) is 1. The second kappa shape index (κ2) is 10.0. The molecule has 36 heavy (non-hydrogen) atoms. The summed E-state index contributed by atoms with van der Waals surface area (Å²) in [7, 11) is 0. The van der Waals surface area contributed by atoms with E-state index < -0.39 is 36.1 Å². The summed E-state index contributed by atoms with van der Waals surface area (Å²) in [6.07, 6.45) is 1.35. The van der Waals surface area contributed by atoms with Gasteiger partial charge in [-0.1, -0.05) is 35.9 Å². The third-order valence-corrected chi connectivity index (χ3v) is 6.54. The van der Waals surface area contributed by atoms with E-state index in [0.29, 0.717) is 17.3 Å². The first kappa shape index (κ1) is 25.3. The lowest BCUT2D eigenvalue weighted by Crippen LogP contribution is -2.44. The van der Waals surface area contributed by atoms with E-state index in [1.54, 1.807) is 24.3 Å². The van der Waals surface area contributed by atoms with Gasteiger partial charge in [0.25, 0.3) is 5.91 Å². The van der Waals surface area contributed by atoms with Gasteiger partial charge in [0.05, 0.1) is 16.1 Å².